The highest BCUT2D eigenvalue weighted by Crippen LogP contribution is 2.25. The maximum absolute atomic E-state index is 13.8. The van der Waals surface area contributed by atoms with E-state index in [-0.39, 0.29) is 5.75 Å². The van der Waals surface area contributed by atoms with Crippen LogP contribution in [0.15, 0.2) is 61.2 Å². The van der Waals surface area contributed by atoms with E-state index in [0.717, 1.165) is 32.0 Å². The summed E-state index contributed by atoms with van der Waals surface area (Å²) in [5, 5.41) is 0. The van der Waals surface area contributed by atoms with Crippen LogP contribution in [0.4, 0.5) is 10.2 Å². The van der Waals surface area contributed by atoms with Crippen molar-refractivity contribution in [2.24, 2.45) is 0 Å². The molecule has 2 aromatic heterocycles. The average molecular weight is 379 g/mol. The second-order valence-electron chi connectivity index (χ2n) is 6.87. The molecule has 0 N–H and O–H groups in total. The first kappa shape index (κ1) is 18.3. The van der Waals surface area contributed by atoms with Gasteiger partial charge in [0.05, 0.1) is 0 Å². The molecule has 0 bridgehead atoms. The largest absolute Gasteiger partial charge is 0.436 e. The molecule has 0 spiro atoms. The summed E-state index contributed by atoms with van der Waals surface area (Å²) >= 11 is 0. The number of pyridine rings is 1. The lowest BCUT2D eigenvalue weighted by atomic mass is 10.1. The number of halogens is 1. The third-order valence-corrected chi connectivity index (χ3v) is 4.90. The summed E-state index contributed by atoms with van der Waals surface area (Å²) < 4.78 is 19.4. The second-order valence-corrected chi connectivity index (χ2v) is 6.87. The summed E-state index contributed by atoms with van der Waals surface area (Å²) in [4.78, 5) is 17.2. The van der Waals surface area contributed by atoms with Crippen molar-refractivity contribution in [3.8, 4) is 11.6 Å². The Bertz CT molecular complexity index is 923. The highest BCUT2D eigenvalue weighted by atomic mass is 19.1. The van der Waals surface area contributed by atoms with Gasteiger partial charge < -0.3 is 9.64 Å². The number of aromatic nitrogens is 3. The summed E-state index contributed by atoms with van der Waals surface area (Å²) in [5.41, 5.74) is 1.26. The van der Waals surface area contributed by atoms with E-state index in [0.29, 0.717) is 11.9 Å². The summed E-state index contributed by atoms with van der Waals surface area (Å²) in [6.07, 6.45) is 5.11. The van der Waals surface area contributed by atoms with Gasteiger partial charge in [0, 0.05) is 50.7 Å². The quantitative estimate of drug-likeness (QED) is 0.676. The summed E-state index contributed by atoms with van der Waals surface area (Å²) in [6, 6.07) is 12.5. The van der Waals surface area contributed by atoms with Crippen LogP contribution in [-0.2, 0) is 6.54 Å². The molecule has 144 valence electrons. The minimum Gasteiger partial charge on any atom is -0.436 e. The van der Waals surface area contributed by atoms with E-state index in [1.54, 1.807) is 24.3 Å². The van der Waals surface area contributed by atoms with E-state index in [4.69, 9.17) is 4.74 Å². The Morgan fingerprint density at radius 1 is 1.11 bits per heavy atom. The zero-order valence-electron chi connectivity index (χ0n) is 15.7. The lowest BCUT2D eigenvalue weighted by Crippen LogP contribution is -2.51. The molecule has 0 saturated carbocycles. The first-order valence-electron chi connectivity index (χ1n) is 9.31. The van der Waals surface area contributed by atoms with Crippen molar-refractivity contribution in [3.05, 3.63) is 72.6 Å². The third kappa shape index (κ3) is 4.26. The lowest BCUT2D eigenvalue weighted by Gasteiger charge is -2.40. The molecule has 1 unspecified atom stereocenters. The van der Waals surface area contributed by atoms with Crippen molar-refractivity contribution in [3.63, 3.8) is 0 Å². The number of anilines is 1. The molecule has 4 rings (SSSR count). The van der Waals surface area contributed by atoms with Crippen LogP contribution in [0.3, 0.4) is 0 Å². The number of piperazine rings is 1. The number of ether oxygens (including phenoxy) is 1. The number of benzene rings is 1. The molecule has 28 heavy (non-hydrogen) atoms. The van der Waals surface area contributed by atoms with Crippen LogP contribution in [0, 0.1) is 5.82 Å². The molecule has 1 aromatic carbocycles. The van der Waals surface area contributed by atoms with Crippen molar-refractivity contribution < 1.29 is 9.13 Å². The SMILES string of the molecule is CC1CN(c2cc(Oc3ccccc3F)ncn2)CCN1Cc1ccncc1. The zero-order chi connectivity index (χ0) is 19.3. The maximum atomic E-state index is 13.8. The van der Waals surface area contributed by atoms with Crippen molar-refractivity contribution >= 4 is 5.82 Å². The molecule has 1 saturated heterocycles. The first-order chi connectivity index (χ1) is 13.7. The van der Waals surface area contributed by atoms with Gasteiger partial charge in [-0.3, -0.25) is 9.88 Å². The van der Waals surface area contributed by atoms with E-state index in [9.17, 15) is 4.39 Å². The number of hydrogen-bond acceptors (Lipinski definition) is 6. The van der Waals surface area contributed by atoms with Gasteiger partial charge in [0.25, 0.3) is 0 Å². The zero-order valence-corrected chi connectivity index (χ0v) is 15.7. The Balaban J connectivity index is 1.42. The van der Waals surface area contributed by atoms with E-state index >= 15 is 0 Å². The van der Waals surface area contributed by atoms with Crippen LogP contribution in [0.2, 0.25) is 0 Å². The highest BCUT2D eigenvalue weighted by Gasteiger charge is 2.25. The third-order valence-electron chi connectivity index (χ3n) is 4.90. The maximum Gasteiger partial charge on any atom is 0.224 e. The Morgan fingerprint density at radius 2 is 1.93 bits per heavy atom. The van der Waals surface area contributed by atoms with Gasteiger partial charge in [0.1, 0.15) is 12.1 Å². The predicted octanol–water partition coefficient (Wildman–Crippen LogP) is 3.51. The molecule has 6 nitrogen and oxygen atoms in total. The van der Waals surface area contributed by atoms with Crippen molar-refractivity contribution in [2.75, 3.05) is 24.5 Å². The highest BCUT2D eigenvalue weighted by molar-refractivity contribution is 5.43. The van der Waals surface area contributed by atoms with Crippen molar-refractivity contribution in [1.29, 1.82) is 0 Å². The Morgan fingerprint density at radius 3 is 2.71 bits per heavy atom. The van der Waals surface area contributed by atoms with Gasteiger partial charge in [-0.1, -0.05) is 12.1 Å². The molecular weight excluding hydrogens is 357 g/mol. The van der Waals surface area contributed by atoms with Gasteiger partial charge in [-0.15, -0.1) is 0 Å². The Labute approximate surface area is 163 Å². The summed E-state index contributed by atoms with van der Waals surface area (Å²) in [6.45, 7) is 5.75. The van der Waals surface area contributed by atoms with Crippen LogP contribution in [0.25, 0.3) is 0 Å². The summed E-state index contributed by atoms with van der Waals surface area (Å²) in [5.74, 6) is 0.863. The molecule has 1 aliphatic rings. The van der Waals surface area contributed by atoms with Crippen molar-refractivity contribution in [2.45, 2.75) is 19.5 Å². The lowest BCUT2D eigenvalue weighted by molar-refractivity contribution is 0.180. The second kappa shape index (κ2) is 8.31. The predicted molar refractivity (Wildman–Crippen MR) is 105 cm³/mol. The van der Waals surface area contributed by atoms with E-state index in [1.165, 1.54) is 18.0 Å². The Hall–Kier alpha value is -3.06. The molecule has 1 aliphatic heterocycles. The minimum atomic E-state index is -0.416. The Kier molecular flexibility index (Phi) is 5.43. The fraction of sp³-hybridized carbons (Fsp3) is 0.286. The number of para-hydroxylation sites is 1. The van der Waals surface area contributed by atoms with Crippen LogP contribution in [0.1, 0.15) is 12.5 Å². The summed E-state index contributed by atoms with van der Waals surface area (Å²) in [7, 11) is 0. The van der Waals surface area contributed by atoms with E-state index < -0.39 is 5.82 Å². The number of nitrogens with zero attached hydrogens (tertiary/aromatic N) is 5. The molecule has 0 radical (unpaired) electrons. The minimum absolute atomic E-state index is 0.155. The van der Waals surface area contributed by atoms with Crippen LogP contribution in [-0.4, -0.2) is 45.5 Å². The number of rotatable bonds is 5. The molecule has 1 atom stereocenters. The fourth-order valence-electron chi connectivity index (χ4n) is 3.36. The molecule has 0 amide bonds. The molecule has 7 heteroatoms. The monoisotopic (exact) mass is 379 g/mol. The van der Waals surface area contributed by atoms with Crippen molar-refractivity contribution in [1.82, 2.24) is 19.9 Å². The standard InChI is InChI=1S/C21H22FN5O/c1-16-13-27(11-10-26(16)14-17-6-8-23-9-7-17)20-12-21(25-15-24-20)28-19-5-3-2-4-18(19)22/h2-9,12,15-16H,10-11,13-14H2,1H3. The molecular formula is C21H22FN5O. The van der Waals surface area contributed by atoms with Crippen LogP contribution < -0.4 is 9.64 Å². The number of hydrogen-bond donors (Lipinski definition) is 0. The van der Waals surface area contributed by atoms with Gasteiger partial charge in [0.2, 0.25) is 5.88 Å². The topological polar surface area (TPSA) is 54.4 Å². The fourth-order valence-corrected chi connectivity index (χ4v) is 3.36. The van der Waals surface area contributed by atoms with Gasteiger partial charge >= 0.3 is 0 Å². The molecule has 1 fully saturated rings. The van der Waals surface area contributed by atoms with E-state index in [2.05, 4.69) is 43.8 Å². The molecule has 0 aliphatic carbocycles. The normalized spacial score (nSPS) is 17.5. The average Bonchev–Trinajstić information content (AvgIpc) is 2.72. The van der Waals surface area contributed by atoms with Crippen LogP contribution >= 0.6 is 0 Å². The van der Waals surface area contributed by atoms with E-state index in [1.807, 2.05) is 12.4 Å². The van der Waals surface area contributed by atoms with Gasteiger partial charge in [-0.2, -0.15) is 0 Å². The smallest absolute Gasteiger partial charge is 0.224 e. The van der Waals surface area contributed by atoms with Gasteiger partial charge in [-0.25, -0.2) is 14.4 Å². The van der Waals surface area contributed by atoms with Gasteiger partial charge in [0.15, 0.2) is 11.6 Å². The molecule has 3 heterocycles. The van der Waals surface area contributed by atoms with Gasteiger partial charge in [-0.05, 0) is 36.8 Å². The first-order valence-corrected chi connectivity index (χ1v) is 9.31. The molecule has 3 aromatic rings. The van der Waals surface area contributed by atoms with Crippen LogP contribution in [0.5, 0.6) is 11.6 Å².